The van der Waals surface area contributed by atoms with Crippen LogP contribution in [0.15, 0.2) is 49.1 Å². The van der Waals surface area contributed by atoms with Crippen molar-refractivity contribution in [3.63, 3.8) is 0 Å². The molecule has 0 radical (unpaired) electrons. The minimum atomic E-state index is -0.0645. The monoisotopic (exact) mass is 386 g/mol. The zero-order valence-corrected chi connectivity index (χ0v) is 17.2. The van der Waals surface area contributed by atoms with Gasteiger partial charge in [-0.25, -0.2) is 0 Å². The van der Waals surface area contributed by atoms with Gasteiger partial charge in [-0.1, -0.05) is 37.3 Å². The molecule has 1 aromatic carbocycles. The van der Waals surface area contributed by atoms with Gasteiger partial charge in [0.05, 0.1) is 13.2 Å². The Bertz CT molecular complexity index is 651. The number of carbonyl (C=O) groups excluding carboxylic acids is 1. The van der Waals surface area contributed by atoms with Crippen LogP contribution in [-0.4, -0.2) is 31.4 Å². The van der Waals surface area contributed by atoms with Gasteiger partial charge in [-0.2, -0.15) is 0 Å². The van der Waals surface area contributed by atoms with Gasteiger partial charge < -0.3 is 14.6 Å². The van der Waals surface area contributed by atoms with Gasteiger partial charge in [-0.05, 0) is 62.1 Å². The molecule has 1 unspecified atom stereocenters. The first kappa shape index (κ1) is 22.2. The average Bonchev–Trinajstić information content (AvgIpc) is 2.71. The van der Waals surface area contributed by atoms with Crippen LogP contribution in [0, 0.1) is 17.3 Å². The number of aliphatic hydroxyl groups excluding tert-OH is 1. The summed E-state index contributed by atoms with van der Waals surface area (Å²) in [5.74, 6) is 1.67. The average molecular weight is 387 g/mol. The van der Waals surface area contributed by atoms with Crippen LogP contribution < -0.4 is 4.74 Å². The van der Waals surface area contributed by atoms with E-state index in [0.29, 0.717) is 31.5 Å². The van der Waals surface area contributed by atoms with Gasteiger partial charge >= 0.3 is 0 Å². The fraction of sp³-hybridized carbons (Fsp3) is 0.542. The van der Waals surface area contributed by atoms with Gasteiger partial charge in [0.2, 0.25) is 0 Å². The normalized spacial score (nSPS) is 25.5. The van der Waals surface area contributed by atoms with Crippen LogP contribution in [0.1, 0.15) is 51.0 Å². The number of carbonyl (C=O) groups is 1. The summed E-state index contributed by atoms with van der Waals surface area (Å²) in [5, 5.41) is 9.14. The summed E-state index contributed by atoms with van der Waals surface area (Å²) in [6, 6.07) is 8.26. The van der Waals surface area contributed by atoms with Crippen molar-refractivity contribution in [2.75, 3.05) is 19.8 Å². The predicted molar refractivity (Wildman–Crippen MR) is 112 cm³/mol. The Morgan fingerprint density at radius 1 is 1.39 bits per heavy atom. The lowest BCUT2D eigenvalue weighted by Gasteiger charge is -2.44. The van der Waals surface area contributed by atoms with Gasteiger partial charge in [0.1, 0.15) is 5.75 Å². The Labute approximate surface area is 169 Å². The Morgan fingerprint density at radius 3 is 2.68 bits per heavy atom. The van der Waals surface area contributed by atoms with E-state index < -0.39 is 0 Å². The number of ether oxygens (including phenoxy) is 2. The maximum atomic E-state index is 10.8. The lowest BCUT2D eigenvalue weighted by atomic mass is 9.61. The van der Waals surface area contributed by atoms with Crippen molar-refractivity contribution in [3.8, 4) is 5.75 Å². The Balaban J connectivity index is 2.20. The highest BCUT2D eigenvalue weighted by molar-refractivity contribution is 5.37. The van der Waals surface area contributed by atoms with Crippen molar-refractivity contribution in [2.45, 2.75) is 45.4 Å². The van der Waals surface area contributed by atoms with Crippen molar-refractivity contribution in [1.82, 2.24) is 0 Å². The molecule has 1 saturated carbocycles. The van der Waals surface area contributed by atoms with E-state index in [2.05, 4.69) is 32.2 Å². The maximum Gasteiger partial charge on any atom is 0.293 e. The van der Waals surface area contributed by atoms with E-state index in [1.807, 2.05) is 25.1 Å². The van der Waals surface area contributed by atoms with Crippen molar-refractivity contribution >= 4 is 6.47 Å². The summed E-state index contributed by atoms with van der Waals surface area (Å²) < 4.78 is 11.0. The van der Waals surface area contributed by atoms with Crippen LogP contribution in [0.3, 0.4) is 0 Å². The molecule has 0 saturated heterocycles. The summed E-state index contributed by atoms with van der Waals surface area (Å²) in [4.78, 5) is 10.8. The molecule has 28 heavy (non-hydrogen) atoms. The molecule has 1 aliphatic rings. The highest BCUT2D eigenvalue weighted by Gasteiger charge is 2.41. The molecule has 1 N–H and O–H groups in total. The molecule has 2 rings (SSSR count). The Kier molecular flexibility index (Phi) is 8.31. The van der Waals surface area contributed by atoms with E-state index in [-0.39, 0.29) is 17.9 Å². The standard InChI is InChI=1S/C24H34O4/c1-5-11-24(16-27-17-26)12-10-22(18(2)3)23(13-24)20-6-8-21(9-7-20)28-15-19(4)14-25/h5-9,17,19,22-23,25H,1-2,10-16H2,3-4H3/t19?,22-,23-,24-/m0/s1. The Morgan fingerprint density at radius 2 is 2.11 bits per heavy atom. The van der Waals surface area contributed by atoms with Crippen molar-refractivity contribution in [1.29, 1.82) is 0 Å². The van der Waals surface area contributed by atoms with E-state index in [9.17, 15) is 4.79 Å². The van der Waals surface area contributed by atoms with E-state index in [1.54, 1.807) is 0 Å². The second-order valence-corrected chi connectivity index (χ2v) is 8.37. The third-order valence-electron chi connectivity index (χ3n) is 5.95. The van der Waals surface area contributed by atoms with Crippen LogP contribution in [0.4, 0.5) is 0 Å². The molecule has 0 bridgehead atoms. The molecule has 1 aromatic rings. The molecular formula is C24H34O4. The van der Waals surface area contributed by atoms with E-state index in [1.165, 1.54) is 11.1 Å². The van der Waals surface area contributed by atoms with E-state index in [4.69, 9.17) is 14.6 Å². The summed E-state index contributed by atoms with van der Waals surface area (Å²) in [5.41, 5.74) is 2.39. The first-order valence-electron chi connectivity index (χ1n) is 10.1. The number of hydrogen-bond acceptors (Lipinski definition) is 4. The Hall–Kier alpha value is -2.07. The van der Waals surface area contributed by atoms with Gasteiger partial charge in [-0.3, -0.25) is 4.79 Å². The van der Waals surface area contributed by atoms with Crippen LogP contribution in [-0.2, 0) is 9.53 Å². The topological polar surface area (TPSA) is 55.8 Å². The first-order chi connectivity index (χ1) is 13.4. The number of rotatable bonds is 11. The molecule has 0 heterocycles. The SMILES string of the molecule is C=CC[C@]1(COC=O)CC[C@@H](C(=C)C)[C@H](c2ccc(OCC(C)CO)cc2)C1. The zero-order valence-electron chi connectivity index (χ0n) is 17.2. The van der Waals surface area contributed by atoms with Gasteiger partial charge in [0.25, 0.3) is 6.47 Å². The lowest BCUT2D eigenvalue weighted by molar-refractivity contribution is -0.133. The van der Waals surface area contributed by atoms with Crippen molar-refractivity contribution < 1.29 is 19.4 Å². The predicted octanol–water partition coefficient (Wildman–Crippen LogP) is 4.89. The maximum absolute atomic E-state index is 10.8. The van der Waals surface area contributed by atoms with Crippen LogP contribution in [0.2, 0.25) is 0 Å². The third-order valence-corrected chi connectivity index (χ3v) is 5.95. The fourth-order valence-electron chi connectivity index (χ4n) is 4.31. The largest absolute Gasteiger partial charge is 0.493 e. The summed E-state index contributed by atoms with van der Waals surface area (Å²) in [6.45, 7) is 13.8. The van der Waals surface area contributed by atoms with Gasteiger partial charge in [0, 0.05) is 17.9 Å². The van der Waals surface area contributed by atoms with E-state index in [0.717, 1.165) is 31.4 Å². The molecule has 0 aliphatic heterocycles. The fourth-order valence-corrected chi connectivity index (χ4v) is 4.31. The van der Waals surface area contributed by atoms with Gasteiger partial charge in [0.15, 0.2) is 0 Å². The molecule has 4 heteroatoms. The number of allylic oxidation sites excluding steroid dienone is 2. The molecular weight excluding hydrogens is 352 g/mol. The quantitative estimate of drug-likeness (QED) is 0.435. The number of hydrogen-bond donors (Lipinski definition) is 1. The second kappa shape index (κ2) is 10.5. The summed E-state index contributed by atoms with van der Waals surface area (Å²) in [6.07, 6.45) is 5.74. The molecule has 154 valence electrons. The molecule has 0 amide bonds. The van der Waals surface area contributed by atoms with Gasteiger partial charge in [-0.15, -0.1) is 6.58 Å². The smallest absolute Gasteiger partial charge is 0.293 e. The number of benzene rings is 1. The zero-order chi connectivity index (χ0) is 20.6. The molecule has 1 aliphatic carbocycles. The summed E-state index contributed by atoms with van der Waals surface area (Å²) >= 11 is 0. The minimum absolute atomic E-state index is 0.0645. The molecule has 0 aromatic heterocycles. The molecule has 4 nitrogen and oxygen atoms in total. The molecule has 4 atom stereocenters. The van der Waals surface area contributed by atoms with Crippen LogP contribution >= 0.6 is 0 Å². The van der Waals surface area contributed by atoms with Crippen molar-refractivity contribution in [3.05, 3.63) is 54.6 Å². The highest BCUT2D eigenvalue weighted by atomic mass is 16.5. The minimum Gasteiger partial charge on any atom is -0.493 e. The third kappa shape index (κ3) is 5.71. The lowest BCUT2D eigenvalue weighted by Crippen LogP contribution is -2.36. The summed E-state index contributed by atoms with van der Waals surface area (Å²) in [7, 11) is 0. The molecule has 1 fully saturated rings. The van der Waals surface area contributed by atoms with Crippen LogP contribution in [0.25, 0.3) is 0 Å². The second-order valence-electron chi connectivity index (χ2n) is 8.37. The molecule has 0 spiro atoms. The first-order valence-corrected chi connectivity index (χ1v) is 10.1. The number of aliphatic hydroxyl groups is 1. The highest BCUT2D eigenvalue weighted by Crippen LogP contribution is 2.51. The van der Waals surface area contributed by atoms with Crippen molar-refractivity contribution in [2.24, 2.45) is 17.3 Å². The van der Waals surface area contributed by atoms with Crippen LogP contribution in [0.5, 0.6) is 5.75 Å². The van der Waals surface area contributed by atoms with E-state index >= 15 is 0 Å².